The van der Waals surface area contributed by atoms with E-state index in [1.54, 1.807) is 32.0 Å². The Morgan fingerprint density at radius 2 is 1.63 bits per heavy atom. The first-order chi connectivity index (χ1) is 16.5. The third-order valence-corrected chi connectivity index (χ3v) is 6.31. The molecule has 0 aliphatic heterocycles. The maximum atomic E-state index is 13.8. The van der Waals surface area contributed by atoms with Crippen molar-refractivity contribution in [2.24, 2.45) is 0 Å². The summed E-state index contributed by atoms with van der Waals surface area (Å²) in [6.07, 6.45) is -1.30. The van der Waals surface area contributed by atoms with Crippen molar-refractivity contribution in [3.63, 3.8) is 0 Å². The van der Waals surface area contributed by atoms with Crippen LogP contribution in [0.4, 0.5) is 26.7 Å². The van der Waals surface area contributed by atoms with E-state index in [0.29, 0.717) is 15.6 Å². The molecular weight excluding hydrogens is 522 g/mol. The van der Waals surface area contributed by atoms with Gasteiger partial charge in [0.2, 0.25) is 41.6 Å². The van der Waals surface area contributed by atoms with E-state index in [4.69, 9.17) is 9.26 Å². The minimum Gasteiger partial charge on any atom is -0.432 e. The van der Waals surface area contributed by atoms with Crippen molar-refractivity contribution in [3.8, 4) is 5.75 Å². The van der Waals surface area contributed by atoms with Crippen LogP contribution >= 0.6 is 19.7 Å². The second kappa shape index (κ2) is 11.3. The number of benzene rings is 2. The maximum absolute atomic E-state index is 13.8. The van der Waals surface area contributed by atoms with Crippen molar-refractivity contribution in [2.75, 3.05) is 6.79 Å². The highest BCUT2D eigenvalue weighted by atomic mass is 32.1. The molecule has 0 spiro atoms. The number of carbonyl (C=O) groups is 2. The van der Waals surface area contributed by atoms with Gasteiger partial charge in [-0.2, -0.15) is 8.78 Å². The molecule has 3 aromatic rings. The highest BCUT2D eigenvalue weighted by Crippen LogP contribution is 2.38. The summed E-state index contributed by atoms with van der Waals surface area (Å²) in [5.41, 5.74) is 0.577. The minimum absolute atomic E-state index is 0.0358. The van der Waals surface area contributed by atoms with Crippen LogP contribution in [0.2, 0.25) is 0 Å². The Bertz CT molecular complexity index is 1240. The van der Waals surface area contributed by atoms with Crippen LogP contribution in [0.5, 0.6) is 5.75 Å². The molecule has 0 fully saturated rings. The van der Waals surface area contributed by atoms with Crippen molar-refractivity contribution in [2.45, 2.75) is 26.1 Å². The van der Waals surface area contributed by atoms with Crippen LogP contribution in [0, 0.1) is 29.1 Å². The summed E-state index contributed by atoms with van der Waals surface area (Å²) in [6.45, 7) is 2.74. The van der Waals surface area contributed by atoms with Gasteiger partial charge in [0.15, 0.2) is 8.38 Å². The molecule has 35 heavy (non-hydrogen) atoms. The SMILES string of the molecule is CC(C)OC(=O)OCOP(O)Cc1ccc2sc(C(=O)Oc3c(F)c(F)c(F)c(F)c3F)cc2c1. The number of hydrogen-bond acceptors (Lipinski definition) is 8. The highest BCUT2D eigenvalue weighted by Gasteiger charge is 2.29. The van der Waals surface area contributed by atoms with E-state index < -0.39 is 62.1 Å². The zero-order valence-electron chi connectivity index (χ0n) is 17.9. The van der Waals surface area contributed by atoms with Gasteiger partial charge < -0.3 is 19.1 Å². The Kier molecular flexibility index (Phi) is 8.60. The standard InChI is InChI=1S/C21H16F5O7PS/c1-9(2)32-21(28)30-8-31-34(29)7-10-3-4-12-11(5-10)6-13(35-12)20(27)33-19-17(25)15(23)14(22)16(24)18(19)26/h3-6,9,29H,7-8H2,1-2H3. The molecule has 0 saturated heterocycles. The van der Waals surface area contributed by atoms with Crippen molar-refractivity contribution in [1.82, 2.24) is 0 Å². The average molecular weight is 538 g/mol. The van der Waals surface area contributed by atoms with E-state index >= 15 is 0 Å². The summed E-state index contributed by atoms with van der Waals surface area (Å²) in [5.74, 6) is -14.4. The molecule has 14 heteroatoms. The predicted octanol–water partition coefficient (Wildman–Crippen LogP) is 6.16. The summed E-state index contributed by atoms with van der Waals surface area (Å²) < 4.78 is 86.8. The average Bonchev–Trinajstić information content (AvgIpc) is 3.22. The van der Waals surface area contributed by atoms with Crippen LogP contribution in [-0.2, 0) is 20.2 Å². The number of hydrogen-bond donors (Lipinski definition) is 1. The van der Waals surface area contributed by atoms with E-state index in [2.05, 4.69) is 9.47 Å². The molecule has 1 unspecified atom stereocenters. The Morgan fingerprint density at radius 3 is 2.26 bits per heavy atom. The Morgan fingerprint density at radius 1 is 1.00 bits per heavy atom. The normalized spacial score (nSPS) is 12.1. The second-order valence-electron chi connectivity index (χ2n) is 7.09. The van der Waals surface area contributed by atoms with Crippen LogP contribution in [0.15, 0.2) is 24.3 Å². The van der Waals surface area contributed by atoms with Gasteiger partial charge in [-0.25, -0.2) is 22.8 Å². The molecule has 7 nitrogen and oxygen atoms in total. The van der Waals surface area contributed by atoms with E-state index in [-0.39, 0.29) is 17.1 Å². The summed E-state index contributed by atoms with van der Waals surface area (Å²) in [7, 11) is -2.02. The zero-order valence-corrected chi connectivity index (χ0v) is 19.7. The molecule has 188 valence electrons. The van der Waals surface area contributed by atoms with Crippen molar-refractivity contribution in [1.29, 1.82) is 0 Å². The Balaban J connectivity index is 1.67. The van der Waals surface area contributed by atoms with Gasteiger partial charge in [0, 0.05) is 10.9 Å². The maximum Gasteiger partial charge on any atom is 0.510 e. The molecule has 1 heterocycles. The topological polar surface area (TPSA) is 91.3 Å². The number of fused-ring (bicyclic) bond motifs is 1. The molecule has 3 rings (SSSR count). The predicted molar refractivity (Wildman–Crippen MR) is 115 cm³/mol. The second-order valence-corrected chi connectivity index (χ2v) is 9.45. The lowest BCUT2D eigenvalue weighted by Gasteiger charge is -2.12. The fraction of sp³-hybridized carbons (Fsp3) is 0.238. The van der Waals surface area contributed by atoms with Gasteiger partial charge in [0.05, 0.1) is 6.10 Å². The van der Waals surface area contributed by atoms with Crippen LogP contribution in [-0.4, -0.2) is 29.9 Å². The first kappa shape index (κ1) is 26.7. The number of esters is 1. The summed E-state index contributed by atoms with van der Waals surface area (Å²) in [6, 6.07) is 6.08. The van der Waals surface area contributed by atoms with Gasteiger partial charge in [0.1, 0.15) is 4.88 Å². The fourth-order valence-corrected chi connectivity index (χ4v) is 4.37. The van der Waals surface area contributed by atoms with E-state index in [1.165, 1.54) is 6.07 Å². The molecular formula is C21H16F5O7PS. The van der Waals surface area contributed by atoms with Gasteiger partial charge in [-0.05, 0) is 43.0 Å². The van der Waals surface area contributed by atoms with Crippen molar-refractivity contribution >= 4 is 41.9 Å². The van der Waals surface area contributed by atoms with Gasteiger partial charge in [-0.1, -0.05) is 6.07 Å². The van der Waals surface area contributed by atoms with Gasteiger partial charge in [-0.15, -0.1) is 11.3 Å². The van der Waals surface area contributed by atoms with Gasteiger partial charge >= 0.3 is 12.1 Å². The van der Waals surface area contributed by atoms with Gasteiger partial charge in [0.25, 0.3) is 0 Å². The quantitative estimate of drug-likeness (QED) is 0.0699. The number of thiophene rings is 1. The van der Waals surface area contributed by atoms with Crippen LogP contribution < -0.4 is 4.74 Å². The summed E-state index contributed by atoms with van der Waals surface area (Å²) >= 11 is 0.856. The molecule has 0 saturated carbocycles. The van der Waals surface area contributed by atoms with Crippen molar-refractivity contribution < 1.29 is 55.2 Å². The lowest BCUT2D eigenvalue weighted by molar-refractivity contribution is -0.00749. The van der Waals surface area contributed by atoms with Gasteiger partial charge in [-0.3, -0.25) is 4.52 Å². The number of ether oxygens (including phenoxy) is 3. The molecule has 0 aliphatic carbocycles. The zero-order chi connectivity index (χ0) is 25.9. The Hall–Kier alpha value is -2.86. The number of halogens is 5. The monoisotopic (exact) mass is 538 g/mol. The molecule has 0 aliphatic rings. The third kappa shape index (κ3) is 6.43. The third-order valence-electron chi connectivity index (χ3n) is 4.17. The molecule has 1 aromatic heterocycles. The number of carbonyl (C=O) groups excluding carboxylic acids is 2. The molecule has 1 atom stereocenters. The lowest BCUT2D eigenvalue weighted by Crippen LogP contribution is -2.14. The van der Waals surface area contributed by atoms with E-state index in [1.807, 2.05) is 0 Å². The minimum atomic E-state index is -2.37. The van der Waals surface area contributed by atoms with Crippen LogP contribution in [0.25, 0.3) is 10.1 Å². The first-order valence-corrected chi connectivity index (χ1v) is 11.9. The Labute approximate surface area is 199 Å². The molecule has 1 N–H and O–H groups in total. The molecule has 0 amide bonds. The molecule has 0 bridgehead atoms. The van der Waals surface area contributed by atoms with E-state index in [0.717, 1.165) is 11.3 Å². The molecule has 2 aromatic carbocycles. The van der Waals surface area contributed by atoms with Crippen LogP contribution in [0.1, 0.15) is 29.1 Å². The first-order valence-electron chi connectivity index (χ1n) is 9.66. The van der Waals surface area contributed by atoms with Crippen molar-refractivity contribution in [3.05, 3.63) is 63.8 Å². The number of rotatable bonds is 8. The summed E-state index contributed by atoms with van der Waals surface area (Å²) in [4.78, 5) is 33.4. The highest BCUT2D eigenvalue weighted by molar-refractivity contribution is 7.45. The molecule has 0 radical (unpaired) electrons. The fourth-order valence-electron chi connectivity index (χ4n) is 2.67. The lowest BCUT2D eigenvalue weighted by atomic mass is 10.2. The summed E-state index contributed by atoms with van der Waals surface area (Å²) in [5, 5.41) is 0.483. The van der Waals surface area contributed by atoms with E-state index in [9.17, 15) is 36.4 Å². The van der Waals surface area contributed by atoms with Crippen LogP contribution in [0.3, 0.4) is 0 Å². The smallest absolute Gasteiger partial charge is 0.432 e. The largest absolute Gasteiger partial charge is 0.510 e.